The molecule has 1 aliphatic rings. The molecular formula is C32H35N7O6. The van der Waals surface area contributed by atoms with Gasteiger partial charge in [-0.3, -0.25) is 14.9 Å². The summed E-state index contributed by atoms with van der Waals surface area (Å²) in [5.41, 5.74) is 2.37. The molecular weight excluding hydrogens is 578 g/mol. The molecule has 1 fully saturated rings. The zero-order valence-electron chi connectivity index (χ0n) is 25.4. The number of ether oxygens (including phenoxy) is 3. The molecule has 4 aromatic rings. The minimum Gasteiger partial charge on any atom is -0.466 e. The third-order valence-electron chi connectivity index (χ3n) is 7.64. The molecule has 13 heteroatoms. The highest BCUT2D eigenvalue weighted by Gasteiger charge is 2.50. The van der Waals surface area contributed by atoms with E-state index in [1.54, 1.807) is 12.1 Å². The van der Waals surface area contributed by atoms with Crippen LogP contribution in [0.15, 0.2) is 66.9 Å². The lowest BCUT2D eigenvalue weighted by Gasteiger charge is -2.36. The number of rotatable bonds is 12. The van der Waals surface area contributed by atoms with Crippen molar-refractivity contribution in [3.63, 3.8) is 0 Å². The van der Waals surface area contributed by atoms with Crippen LogP contribution < -0.4 is 10.1 Å². The Morgan fingerprint density at radius 1 is 1.00 bits per heavy atom. The largest absolute Gasteiger partial charge is 0.466 e. The highest BCUT2D eigenvalue weighted by Crippen LogP contribution is 2.33. The van der Waals surface area contributed by atoms with Crippen LogP contribution in [0.3, 0.4) is 0 Å². The molecule has 13 nitrogen and oxygen atoms in total. The molecule has 1 amide bonds. The summed E-state index contributed by atoms with van der Waals surface area (Å²) in [5, 5.41) is 15.1. The number of likely N-dealkylation sites (tertiary alicyclic amines) is 1. The van der Waals surface area contributed by atoms with Crippen LogP contribution >= 0.6 is 0 Å². The number of esters is 1. The van der Waals surface area contributed by atoms with Crippen LogP contribution in [-0.4, -0.2) is 81.1 Å². The van der Waals surface area contributed by atoms with Gasteiger partial charge >= 0.3 is 5.97 Å². The number of hydrogen-bond acceptors (Lipinski definition) is 11. The van der Waals surface area contributed by atoms with Gasteiger partial charge in [0.2, 0.25) is 11.8 Å². The van der Waals surface area contributed by atoms with Crippen LogP contribution in [0.25, 0.3) is 22.5 Å². The summed E-state index contributed by atoms with van der Waals surface area (Å²) in [5.74, 6) is -0.350. The zero-order valence-corrected chi connectivity index (χ0v) is 25.4. The fourth-order valence-corrected chi connectivity index (χ4v) is 5.42. The number of amides is 1. The van der Waals surface area contributed by atoms with E-state index in [4.69, 9.17) is 14.2 Å². The number of tetrazole rings is 1. The number of nitrogens with zero attached hydrogens (tertiary/aromatic N) is 6. The molecule has 0 aliphatic carbocycles. The average molecular weight is 614 g/mol. The molecule has 1 saturated heterocycles. The monoisotopic (exact) mass is 613 g/mol. The first-order valence-electron chi connectivity index (χ1n) is 14.6. The van der Waals surface area contributed by atoms with Gasteiger partial charge < -0.3 is 19.1 Å². The summed E-state index contributed by atoms with van der Waals surface area (Å²) >= 11 is 0. The Kier molecular flexibility index (Phi) is 9.90. The number of pyridine rings is 1. The van der Waals surface area contributed by atoms with E-state index in [2.05, 4.69) is 25.8 Å². The van der Waals surface area contributed by atoms with Crippen molar-refractivity contribution in [2.24, 2.45) is 0 Å². The normalized spacial score (nSPS) is 16.0. The molecule has 3 heterocycles. The van der Waals surface area contributed by atoms with Crippen molar-refractivity contribution in [3.8, 4) is 28.4 Å². The topological polar surface area (TPSA) is 151 Å². The molecule has 0 spiro atoms. The maximum absolute atomic E-state index is 13.6. The van der Waals surface area contributed by atoms with E-state index in [-0.39, 0.29) is 18.6 Å². The molecule has 45 heavy (non-hydrogen) atoms. The van der Waals surface area contributed by atoms with E-state index < -0.39 is 11.6 Å². The van der Waals surface area contributed by atoms with Crippen LogP contribution in [0.5, 0.6) is 5.88 Å². The first kappa shape index (κ1) is 31.4. The van der Waals surface area contributed by atoms with E-state index in [1.807, 2.05) is 55.5 Å². The first-order valence-corrected chi connectivity index (χ1v) is 14.6. The number of methoxy groups -OCH3 is 2. The molecule has 0 bridgehead atoms. The van der Waals surface area contributed by atoms with Crippen molar-refractivity contribution in [1.82, 2.24) is 35.4 Å². The summed E-state index contributed by atoms with van der Waals surface area (Å²) in [4.78, 5) is 45.1. The van der Waals surface area contributed by atoms with Gasteiger partial charge in [-0.15, -0.1) is 5.10 Å². The number of carbonyl (C=O) groups excluding carboxylic acids is 3. The number of benzene rings is 2. The molecule has 0 radical (unpaired) electrons. The molecule has 1 atom stereocenters. The molecule has 2 aromatic heterocycles. The van der Waals surface area contributed by atoms with Gasteiger partial charge in [0.25, 0.3) is 5.91 Å². The summed E-state index contributed by atoms with van der Waals surface area (Å²) in [6.45, 7) is 2.64. The number of carbonyl (C=O) groups is 3. The Bertz CT molecular complexity index is 1640. The molecule has 5 rings (SSSR count). The van der Waals surface area contributed by atoms with Crippen molar-refractivity contribution in [1.29, 1.82) is 0 Å². The maximum Gasteiger partial charge on any atom is 0.347 e. The quantitative estimate of drug-likeness (QED) is 0.141. The SMILES string of the molecule is CCCC(=O)n1nnnc1-c1ccccc1-c1ccc(CNC2(C(=O)OC)CCCN2C(=O)c2ccc(OCOC)nc2)cc1. The van der Waals surface area contributed by atoms with E-state index in [0.717, 1.165) is 22.3 Å². The minimum absolute atomic E-state index is 0.0374. The van der Waals surface area contributed by atoms with Crippen LogP contribution in [0.2, 0.25) is 0 Å². The van der Waals surface area contributed by atoms with Crippen LogP contribution in [-0.2, 0) is 20.8 Å². The Morgan fingerprint density at radius 2 is 1.78 bits per heavy atom. The minimum atomic E-state index is -1.34. The highest BCUT2D eigenvalue weighted by molar-refractivity contribution is 5.98. The zero-order chi connectivity index (χ0) is 31.8. The third kappa shape index (κ3) is 6.59. The van der Waals surface area contributed by atoms with Gasteiger partial charge in [0.05, 0.1) is 12.7 Å². The van der Waals surface area contributed by atoms with E-state index in [9.17, 15) is 14.4 Å². The van der Waals surface area contributed by atoms with Crippen molar-refractivity contribution >= 4 is 17.8 Å². The fraction of sp³-hybridized carbons (Fsp3) is 0.344. The predicted octanol–water partition coefficient (Wildman–Crippen LogP) is 3.72. The first-order chi connectivity index (χ1) is 21.9. The molecule has 1 N–H and O–H groups in total. The molecule has 2 aromatic carbocycles. The van der Waals surface area contributed by atoms with Gasteiger partial charge in [-0.25, -0.2) is 9.78 Å². The number of hydrogen-bond donors (Lipinski definition) is 1. The van der Waals surface area contributed by atoms with Gasteiger partial charge in [-0.1, -0.05) is 55.5 Å². The Morgan fingerprint density at radius 3 is 2.47 bits per heavy atom. The number of aromatic nitrogens is 5. The van der Waals surface area contributed by atoms with Crippen molar-refractivity contribution in [3.05, 3.63) is 78.0 Å². The van der Waals surface area contributed by atoms with Gasteiger partial charge in [-0.05, 0) is 52.4 Å². The lowest BCUT2D eigenvalue weighted by atomic mass is 9.98. The van der Waals surface area contributed by atoms with E-state index in [0.29, 0.717) is 56.0 Å². The second-order valence-electron chi connectivity index (χ2n) is 10.5. The fourth-order valence-electron chi connectivity index (χ4n) is 5.42. The van der Waals surface area contributed by atoms with Crippen LogP contribution in [0.1, 0.15) is 53.3 Å². The van der Waals surface area contributed by atoms with Crippen molar-refractivity contribution in [2.75, 3.05) is 27.6 Å². The molecule has 1 unspecified atom stereocenters. The molecule has 234 valence electrons. The summed E-state index contributed by atoms with van der Waals surface area (Å²) in [6.07, 6.45) is 3.46. The van der Waals surface area contributed by atoms with Gasteiger partial charge in [0.1, 0.15) is 0 Å². The third-order valence-corrected chi connectivity index (χ3v) is 7.64. The lowest BCUT2D eigenvalue weighted by molar-refractivity contribution is -0.154. The smallest absolute Gasteiger partial charge is 0.347 e. The van der Waals surface area contributed by atoms with Crippen LogP contribution in [0, 0.1) is 0 Å². The van der Waals surface area contributed by atoms with E-state index in [1.165, 1.54) is 30.0 Å². The van der Waals surface area contributed by atoms with Gasteiger partial charge in [-0.2, -0.15) is 4.68 Å². The predicted molar refractivity (Wildman–Crippen MR) is 163 cm³/mol. The standard InChI is InChI=1S/C32H35N7O6/c1-4-8-28(40)39-29(35-36-37-39)26-10-6-5-9-25(26)23-13-11-22(12-14-23)19-34-32(31(42)44-3)17-7-18-38(32)30(41)24-15-16-27(33-20-24)45-21-43-2/h5-6,9-16,20,34H,4,7-8,17-19,21H2,1-3H3. The summed E-state index contributed by atoms with van der Waals surface area (Å²) in [6, 6.07) is 18.6. The van der Waals surface area contributed by atoms with Crippen molar-refractivity contribution < 1.29 is 28.6 Å². The highest BCUT2D eigenvalue weighted by atomic mass is 16.7. The average Bonchev–Trinajstić information content (AvgIpc) is 3.75. The second kappa shape index (κ2) is 14.2. The second-order valence-corrected chi connectivity index (χ2v) is 10.5. The van der Waals surface area contributed by atoms with Gasteiger partial charge in [0, 0.05) is 44.4 Å². The summed E-state index contributed by atoms with van der Waals surface area (Å²) < 4.78 is 16.6. The Hall–Kier alpha value is -5.01. The molecule has 0 saturated carbocycles. The molecule has 1 aliphatic heterocycles. The lowest BCUT2D eigenvalue weighted by Crippen LogP contribution is -2.62. The number of nitrogens with one attached hydrogen (secondary N) is 1. The van der Waals surface area contributed by atoms with Crippen LogP contribution in [0.4, 0.5) is 0 Å². The van der Waals surface area contributed by atoms with Gasteiger partial charge in [0.15, 0.2) is 18.3 Å². The summed E-state index contributed by atoms with van der Waals surface area (Å²) in [7, 11) is 2.82. The Labute approximate surface area is 260 Å². The van der Waals surface area contributed by atoms with E-state index >= 15 is 0 Å². The Balaban J connectivity index is 1.35. The maximum atomic E-state index is 13.6. The van der Waals surface area contributed by atoms with Crippen molar-refractivity contribution in [2.45, 2.75) is 44.8 Å².